The first-order valence-electron chi connectivity index (χ1n) is 9.49. The van der Waals surface area contributed by atoms with Gasteiger partial charge in [0.2, 0.25) is 0 Å². The van der Waals surface area contributed by atoms with Crippen molar-refractivity contribution in [2.75, 3.05) is 14.2 Å². The Balaban J connectivity index is 0.000000941. The van der Waals surface area contributed by atoms with Crippen LogP contribution in [0.25, 0.3) is 11.3 Å². The van der Waals surface area contributed by atoms with E-state index < -0.39 is 10.2 Å². The van der Waals surface area contributed by atoms with Gasteiger partial charge in [-0.2, -0.15) is 18.2 Å². The maximum atomic E-state index is 13.4. The van der Waals surface area contributed by atoms with Crippen molar-refractivity contribution in [1.29, 1.82) is 0 Å². The van der Waals surface area contributed by atoms with Crippen molar-refractivity contribution in [2.24, 2.45) is 0 Å². The smallest absolute Gasteiger partial charge is 0.287 e. The Bertz CT molecular complexity index is 893. The molecule has 29 heavy (non-hydrogen) atoms. The molecule has 2 N–H and O–H groups in total. The van der Waals surface area contributed by atoms with Gasteiger partial charge in [0.15, 0.2) is 0 Å². The van der Waals surface area contributed by atoms with Gasteiger partial charge in [0.1, 0.15) is 5.82 Å². The number of benzene rings is 1. The number of hydroxylamine groups is 1. The molecular formula is C20H29FN4O3S. The molecular weight excluding hydrogens is 395 g/mol. The summed E-state index contributed by atoms with van der Waals surface area (Å²) >= 11 is 0. The van der Waals surface area contributed by atoms with Gasteiger partial charge in [-0.15, -0.1) is 6.58 Å². The quantitative estimate of drug-likeness (QED) is 0.546. The van der Waals surface area contributed by atoms with E-state index in [9.17, 15) is 12.8 Å². The van der Waals surface area contributed by atoms with Crippen LogP contribution in [0.3, 0.4) is 0 Å². The molecule has 0 atom stereocenters. The third-order valence-electron chi connectivity index (χ3n) is 4.80. The number of hydrogen-bond donors (Lipinski definition) is 2. The first kappa shape index (κ1) is 23.2. The van der Waals surface area contributed by atoms with Crippen molar-refractivity contribution >= 4 is 10.2 Å². The normalized spacial score (nSPS) is 19.5. The van der Waals surface area contributed by atoms with Crippen molar-refractivity contribution in [3.05, 3.63) is 54.5 Å². The van der Waals surface area contributed by atoms with E-state index >= 15 is 0 Å². The molecule has 1 fully saturated rings. The molecule has 1 saturated carbocycles. The second kappa shape index (κ2) is 10.6. The fourth-order valence-electron chi connectivity index (χ4n) is 3.25. The van der Waals surface area contributed by atoms with Crippen LogP contribution in [0.15, 0.2) is 43.0 Å². The zero-order valence-corrected chi connectivity index (χ0v) is 17.9. The zero-order chi connectivity index (χ0) is 21.4. The lowest BCUT2D eigenvalue weighted by Crippen LogP contribution is -2.44. The van der Waals surface area contributed by atoms with Gasteiger partial charge in [-0.3, -0.25) is 9.94 Å². The van der Waals surface area contributed by atoms with Crippen LogP contribution in [0.5, 0.6) is 0 Å². The second-order valence-corrected chi connectivity index (χ2v) is 8.59. The van der Waals surface area contributed by atoms with Crippen molar-refractivity contribution in [2.45, 2.75) is 44.6 Å². The van der Waals surface area contributed by atoms with E-state index in [1.807, 2.05) is 19.1 Å². The fraction of sp³-hybridized carbons (Fsp3) is 0.450. The molecule has 0 amide bonds. The van der Waals surface area contributed by atoms with Crippen LogP contribution in [0.2, 0.25) is 0 Å². The van der Waals surface area contributed by atoms with Gasteiger partial charge in [-0.1, -0.05) is 22.7 Å². The molecule has 1 heterocycles. The minimum atomic E-state index is -3.62. The zero-order valence-electron chi connectivity index (χ0n) is 17.1. The Kier molecular flexibility index (Phi) is 8.51. The molecule has 7 nitrogen and oxygen atoms in total. The lowest BCUT2D eigenvalue weighted by molar-refractivity contribution is -0.0276. The van der Waals surface area contributed by atoms with Gasteiger partial charge in [-0.25, -0.2) is 4.39 Å². The van der Waals surface area contributed by atoms with Gasteiger partial charge >= 0.3 is 10.2 Å². The highest BCUT2D eigenvalue weighted by Crippen LogP contribution is 2.33. The number of H-pyrrole nitrogens is 1. The van der Waals surface area contributed by atoms with E-state index in [0.717, 1.165) is 41.4 Å². The van der Waals surface area contributed by atoms with Crippen LogP contribution >= 0.6 is 0 Å². The monoisotopic (exact) mass is 424 g/mol. The molecule has 1 aromatic carbocycles. The highest BCUT2D eigenvalue weighted by atomic mass is 32.2. The average Bonchev–Trinajstić information content (AvgIpc) is 3.18. The molecule has 0 saturated heterocycles. The van der Waals surface area contributed by atoms with E-state index in [1.165, 1.54) is 26.3 Å². The summed E-state index contributed by atoms with van der Waals surface area (Å²) in [6, 6.07) is 8.18. The van der Waals surface area contributed by atoms with E-state index in [1.54, 1.807) is 12.1 Å². The molecule has 0 aliphatic heterocycles. The first-order valence-corrected chi connectivity index (χ1v) is 10.9. The molecule has 1 aliphatic carbocycles. The van der Waals surface area contributed by atoms with Crippen LogP contribution in [0.1, 0.15) is 44.2 Å². The summed E-state index contributed by atoms with van der Waals surface area (Å²) in [6.07, 6.45) is 4.90. The Morgan fingerprint density at radius 2 is 1.97 bits per heavy atom. The van der Waals surface area contributed by atoms with E-state index in [-0.39, 0.29) is 17.8 Å². The van der Waals surface area contributed by atoms with Gasteiger partial charge in [0.05, 0.1) is 12.8 Å². The van der Waals surface area contributed by atoms with E-state index in [4.69, 9.17) is 4.84 Å². The predicted octanol–water partition coefficient (Wildman–Crippen LogP) is 3.76. The maximum absolute atomic E-state index is 13.4. The SMILES string of the molecule is C=CC.CON(C)S(=O)(=O)NC1CCC(c2cc(-c3cccc(F)c3)n[nH]2)CC1. The fourth-order valence-corrected chi connectivity index (χ4v) is 4.25. The Morgan fingerprint density at radius 1 is 1.31 bits per heavy atom. The lowest BCUT2D eigenvalue weighted by atomic mass is 9.84. The van der Waals surface area contributed by atoms with E-state index in [2.05, 4.69) is 21.5 Å². The van der Waals surface area contributed by atoms with Crippen LogP contribution < -0.4 is 4.72 Å². The number of rotatable bonds is 6. The maximum Gasteiger partial charge on any atom is 0.301 e. The summed E-state index contributed by atoms with van der Waals surface area (Å²) in [6.45, 7) is 5.25. The summed E-state index contributed by atoms with van der Waals surface area (Å²) in [5.74, 6) is -0.00779. The number of hydrogen-bond acceptors (Lipinski definition) is 4. The van der Waals surface area contributed by atoms with Crippen molar-refractivity contribution in [3.63, 3.8) is 0 Å². The average molecular weight is 425 g/mol. The summed E-state index contributed by atoms with van der Waals surface area (Å²) in [4.78, 5) is 4.74. The second-order valence-electron chi connectivity index (χ2n) is 6.89. The van der Waals surface area contributed by atoms with Crippen molar-refractivity contribution in [1.82, 2.24) is 19.4 Å². The van der Waals surface area contributed by atoms with Gasteiger partial charge < -0.3 is 0 Å². The lowest BCUT2D eigenvalue weighted by Gasteiger charge is -2.29. The third kappa shape index (κ3) is 6.46. The summed E-state index contributed by atoms with van der Waals surface area (Å²) < 4.78 is 40.9. The van der Waals surface area contributed by atoms with Gasteiger partial charge in [0, 0.05) is 30.3 Å². The predicted molar refractivity (Wildman–Crippen MR) is 112 cm³/mol. The minimum Gasteiger partial charge on any atom is -0.287 e. The van der Waals surface area contributed by atoms with Crippen LogP contribution in [-0.2, 0) is 15.0 Å². The largest absolute Gasteiger partial charge is 0.301 e. The number of halogens is 1. The number of nitrogens with zero attached hydrogens (tertiary/aromatic N) is 2. The summed E-state index contributed by atoms with van der Waals surface area (Å²) in [7, 11) is -0.959. The molecule has 9 heteroatoms. The topological polar surface area (TPSA) is 87.3 Å². The molecule has 0 unspecified atom stereocenters. The minimum absolute atomic E-state index is 0.112. The standard InChI is InChI=1S/C17H23FN4O3S.C3H6/c1-22(25-2)26(23,24)21-15-8-6-12(7-9-15)16-11-17(20-19-16)13-4-3-5-14(18)10-13;1-3-2/h3-5,10-12,15,21H,6-9H2,1-2H3,(H,19,20);3H,1H2,2H3. The summed E-state index contributed by atoms with van der Waals surface area (Å²) in [5.41, 5.74) is 2.44. The Hall–Kier alpha value is -2.07. The van der Waals surface area contributed by atoms with Crippen molar-refractivity contribution < 1.29 is 17.6 Å². The summed E-state index contributed by atoms with van der Waals surface area (Å²) in [5, 5.41) is 7.33. The van der Waals surface area contributed by atoms with Gasteiger partial charge in [-0.05, 0) is 50.8 Å². The molecule has 2 aromatic rings. The number of nitrogens with one attached hydrogen (secondary N) is 2. The van der Waals surface area contributed by atoms with Crippen LogP contribution in [-0.4, -0.2) is 43.3 Å². The first-order chi connectivity index (χ1) is 13.8. The Morgan fingerprint density at radius 3 is 2.55 bits per heavy atom. The van der Waals surface area contributed by atoms with Gasteiger partial charge in [0.25, 0.3) is 0 Å². The Labute approximate surface area is 172 Å². The molecule has 1 aliphatic rings. The number of aromatic nitrogens is 2. The molecule has 0 radical (unpaired) electrons. The van der Waals surface area contributed by atoms with Crippen molar-refractivity contribution in [3.8, 4) is 11.3 Å². The molecule has 3 rings (SSSR count). The molecule has 1 aromatic heterocycles. The number of allylic oxidation sites excluding steroid dienone is 1. The highest BCUT2D eigenvalue weighted by Gasteiger charge is 2.28. The molecule has 0 spiro atoms. The number of aromatic amines is 1. The highest BCUT2D eigenvalue weighted by molar-refractivity contribution is 7.87. The van der Waals surface area contributed by atoms with Crippen LogP contribution in [0, 0.1) is 5.82 Å². The molecule has 160 valence electrons. The van der Waals surface area contributed by atoms with E-state index in [0.29, 0.717) is 5.69 Å². The molecule has 0 bridgehead atoms. The third-order valence-corrected chi connectivity index (χ3v) is 6.25. The van der Waals surface area contributed by atoms with Crippen LogP contribution in [0.4, 0.5) is 4.39 Å².